The Kier molecular flexibility index (Phi) is 4.04. The average molecular weight is 354 g/mol. The van der Waals surface area contributed by atoms with E-state index in [1.54, 1.807) is 12.1 Å². The minimum Gasteiger partial charge on any atom is -0.324 e. The summed E-state index contributed by atoms with van der Waals surface area (Å²) in [6.45, 7) is 0.252. The number of nitrogens with two attached hydrogens (primary N) is 1. The first-order chi connectivity index (χ1) is 8.32. The molecule has 0 heterocycles. The van der Waals surface area contributed by atoms with Gasteiger partial charge in [0, 0.05) is 16.6 Å². The number of hydrogen-bond donors (Lipinski definition) is 2. The monoisotopic (exact) mass is 352 g/mol. The van der Waals surface area contributed by atoms with Gasteiger partial charge in [0.1, 0.15) is 4.90 Å². The Bertz CT molecular complexity index is 558. The van der Waals surface area contributed by atoms with E-state index in [4.69, 9.17) is 17.3 Å². The predicted molar refractivity (Wildman–Crippen MR) is 75.1 cm³/mol. The smallest absolute Gasteiger partial charge is 0.242 e. The second kappa shape index (κ2) is 5.09. The summed E-state index contributed by atoms with van der Waals surface area (Å²) in [5, 5.41) is 0.191. The Hall–Kier alpha value is -0.140. The van der Waals surface area contributed by atoms with Gasteiger partial charge in [-0.25, -0.2) is 13.1 Å². The van der Waals surface area contributed by atoms with Crippen LogP contribution in [-0.2, 0) is 10.0 Å². The maximum atomic E-state index is 12.1. The van der Waals surface area contributed by atoms with Crippen molar-refractivity contribution >= 4 is 37.6 Å². The number of hydrogen-bond acceptors (Lipinski definition) is 3. The van der Waals surface area contributed by atoms with E-state index < -0.39 is 15.6 Å². The number of halogens is 2. The van der Waals surface area contributed by atoms with Gasteiger partial charge >= 0.3 is 0 Å². The fourth-order valence-electron chi connectivity index (χ4n) is 1.82. The largest absolute Gasteiger partial charge is 0.324 e. The summed E-state index contributed by atoms with van der Waals surface area (Å²) in [4.78, 5) is 0.0790. The van der Waals surface area contributed by atoms with E-state index in [1.165, 1.54) is 6.07 Å². The Labute approximate surface area is 120 Å². The van der Waals surface area contributed by atoms with Gasteiger partial charge in [0.05, 0.1) is 5.02 Å². The molecule has 7 heteroatoms. The van der Waals surface area contributed by atoms with Crippen molar-refractivity contribution in [3.8, 4) is 0 Å². The van der Waals surface area contributed by atoms with E-state index in [0.29, 0.717) is 0 Å². The third kappa shape index (κ3) is 3.05. The van der Waals surface area contributed by atoms with Crippen LogP contribution in [0.1, 0.15) is 19.3 Å². The molecule has 1 fully saturated rings. The summed E-state index contributed by atoms with van der Waals surface area (Å²) >= 11 is 9.17. The van der Waals surface area contributed by atoms with Gasteiger partial charge in [-0.3, -0.25) is 0 Å². The van der Waals surface area contributed by atoms with Gasteiger partial charge in [-0.2, -0.15) is 0 Å². The number of sulfonamides is 1. The first-order valence-electron chi connectivity index (χ1n) is 5.56. The van der Waals surface area contributed by atoms with Gasteiger partial charge in [-0.05, 0) is 37.5 Å². The molecule has 1 aromatic carbocycles. The number of rotatable bonds is 4. The molecule has 18 heavy (non-hydrogen) atoms. The van der Waals surface area contributed by atoms with Crippen LogP contribution in [0.15, 0.2) is 27.6 Å². The molecule has 0 amide bonds. The lowest BCUT2D eigenvalue weighted by Gasteiger charge is -2.38. The molecular weight excluding hydrogens is 340 g/mol. The zero-order valence-electron chi connectivity index (χ0n) is 9.62. The van der Waals surface area contributed by atoms with Crippen molar-refractivity contribution in [2.45, 2.75) is 29.7 Å². The molecule has 0 saturated heterocycles. The molecule has 0 bridgehead atoms. The van der Waals surface area contributed by atoms with Crippen LogP contribution in [0.3, 0.4) is 0 Å². The number of benzene rings is 1. The van der Waals surface area contributed by atoms with Crippen LogP contribution in [0.5, 0.6) is 0 Å². The normalized spacial score (nSPS) is 18.4. The summed E-state index contributed by atoms with van der Waals surface area (Å²) in [6.07, 6.45) is 2.75. The van der Waals surface area contributed by atoms with Crippen LogP contribution in [0, 0.1) is 0 Å². The highest BCUT2D eigenvalue weighted by Crippen LogP contribution is 2.29. The van der Waals surface area contributed by atoms with Gasteiger partial charge in [-0.15, -0.1) is 0 Å². The molecular formula is C11H14BrClN2O2S. The zero-order valence-corrected chi connectivity index (χ0v) is 12.8. The maximum absolute atomic E-state index is 12.1. The second-order valence-electron chi connectivity index (χ2n) is 4.62. The van der Waals surface area contributed by atoms with Gasteiger partial charge < -0.3 is 5.73 Å². The van der Waals surface area contributed by atoms with E-state index in [0.717, 1.165) is 23.7 Å². The van der Waals surface area contributed by atoms with Crippen molar-refractivity contribution in [3.05, 3.63) is 27.7 Å². The average Bonchev–Trinajstić information content (AvgIpc) is 2.23. The first kappa shape index (κ1) is 14.3. The SMILES string of the molecule is NC1(CNS(=O)(=O)c2ccc(Br)cc2Cl)CCC1. The van der Waals surface area contributed by atoms with Gasteiger partial charge in [0.2, 0.25) is 10.0 Å². The minimum atomic E-state index is -3.60. The lowest BCUT2D eigenvalue weighted by Crippen LogP contribution is -2.54. The van der Waals surface area contributed by atoms with E-state index in [1.807, 2.05) is 0 Å². The maximum Gasteiger partial charge on any atom is 0.242 e. The van der Waals surface area contributed by atoms with Crippen LogP contribution >= 0.6 is 27.5 Å². The molecule has 0 unspecified atom stereocenters. The lowest BCUT2D eigenvalue weighted by atomic mass is 9.78. The van der Waals surface area contributed by atoms with Crippen molar-refractivity contribution in [3.63, 3.8) is 0 Å². The van der Waals surface area contributed by atoms with Crippen molar-refractivity contribution in [2.75, 3.05) is 6.54 Å². The predicted octanol–water partition coefficient (Wildman–Crippen LogP) is 2.26. The summed E-state index contributed by atoms with van der Waals surface area (Å²) in [5.74, 6) is 0. The highest BCUT2D eigenvalue weighted by atomic mass is 79.9. The molecule has 4 nitrogen and oxygen atoms in total. The highest BCUT2D eigenvalue weighted by molar-refractivity contribution is 9.10. The van der Waals surface area contributed by atoms with E-state index in [2.05, 4.69) is 20.7 Å². The number of nitrogens with one attached hydrogen (secondary N) is 1. The summed E-state index contributed by atoms with van der Waals surface area (Å²) < 4.78 is 27.4. The topological polar surface area (TPSA) is 72.2 Å². The van der Waals surface area contributed by atoms with Crippen molar-refractivity contribution in [1.29, 1.82) is 0 Å². The first-order valence-corrected chi connectivity index (χ1v) is 8.21. The van der Waals surface area contributed by atoms with Gasteiger partial charge in [0.15, 0.2) is 0 Å². The molecule has 0 radical (unpaired) electrons. The quantitative estimate of drug-likeness (QED) is 0.872. The van der Waals surface area contributed by atoms with E-state index >= 15 is 0 Å². The van der Waals surface area contributed by atoms with Crippen molar-refractivity contribution in [1.82, 2.24) is 4.72 Å². The van der Waals surface area contributed by atoms with Crippen LogP contribution in [0.2, 0.25) is 5.02 Å². The van der Waals surface area contributed by atoms with Crippen molar-refractivity contribution < 1.29 is 8.42 Å². The summed E-state index contributed by atoms with van der Waals surface area (Å²) in [6, 6.07) is 4.67. The third-order valence-corrected chi connectivity index (χ3v) is 5.52. The van der Waals surface area contributed by atoms with Crippen LogP contribution in [0.4, 0.5) is 0 Å². The molecule has 0 aliphatic heterocycles. The molecule has 1 aliphatic rings. The Balaban J connectivity index is 2.15. The third-order valence-electron chi connectivity index (χ3n) is 3.15. The van der Waals surface area contributed by atoms with Crippen molar-refractivity contribution in [2.24, 2.45) is 5.73 Å². The molecule has 0 atom stereocenters. The zero-order chi connectivity index (χ0) is 13.4. The lowest BCUT2D eigenvalue weighted by molar-refractivity contribution is 0.251. The Morgan fingerprint density at radius 1 is 1.44 bits per heavy atom. The summed E-state index contributed by atoms with van der Waals surface area (Å²) in [5.41, 5.74) is 5.59. The fourth-order valence-corrected chi connectivity index (χ4v) is 3.99. The molecule has 100 valence electrons. The fraction of sp³-hybridized carbons (Fsp3) is 0.455. The summed E-state index contributed by atoms with van der Waals surface area (Å²) in [7, 11) is -3.60. The van der Waals surface area contributed by atoms with Crippen LogP contribution in [0.25, 0.3) is 0 Å². The van der Waals surface area contributed by atoms with Crippen LogP contribution in [-0.4, -0.2) is 20.5 Å². The molecule has 0 spiro atoms. The second-order valence-corrected chi connectivity index (χ2v) is 7.67. The molecule has 2 rings (SSSR count). The van der Waals surface area contributed by atoms with Crippen LogP contribution < -0.4 is 10.5 Å². The van der Waals surface area contributed by atoms with E-state index in [9.17, 15) is 8.42 Å². The standard InChI is InChI=1S/C11H14BrClN2O2S/c12-8-2-3-10(9(13)6-8)18(16,17)15-7-11(14)4-1-5-11/h2-3,6,15H,1,4-5,7,14H2. The molecule has 1 aliphatic carbocycles. The Morgan fingerprint density at radius 3 is 2.61 bits per heavy atom. The molecule has 1 aromatic rings. The minimum absolute atomic E-state index is 0.0790. The molecule has 1 saturated carbocycles. The molecule has 3 N–H and O–H groups in total. The van der Waals surface area contributed by atoms with Gasteiger partial charge in [0.25, 0.3) is 0 Å². The molecule has 0 aromatic heterocycles. The van der Waals surface area contributed by atoms with Gasteiger partial charge in [-0.1, -0.05) is 27.5 Å². The highest BCUT2D eigenvalue weighted by Gasteiger charge is 2.34. The van der Waals surface area contributed by atoms with E-state index in [-0.39, 0.29) is 16.5 Å². The Morgan fingerprint density at radius 2 is 2.11 bits per heavy atom.